The van der Waals surface area contributed by atoms with Gasteiger partial charge in [0, 0.05) is 0 Å². The molecule has 0 radical (unpaired) electrons. The van der Waals surface area contributed by atoms with E-state index in [2.05, 4.69) is 16.1 Å². The molecule has 1 heterocycles. The van der Waals surface area contributed by atoms with E-state index in [-0.39, 0.29) is 0 Å². The number of carbonyl (C=O) groups is 3. The second kappa shape index (κ2) is 9.23. The summed E-state index contributed by atoms with van der Waals surface area (Å²) in [5.41, 5.74) is 4.85. The van der Waals surface area contributed by atoms with Crippen LogP contribution in [0.2, 0.25) is 0 Å². The number of imide groups is 1. The highest BCUT2D eigenvalue weighted by atomic mass is 16.7. The first-order valence-corrected chi connectivity index (χ1v) is 10.4. The maximum absolute atomic E-state index is 12.2. The number of urea groups is 1. The molecule has 3 amide bonds. The zero-order valence-electron chi connectivity index (χ0n) is 17.9. The van der Waals surface area contributed by atoms with E-state index >= 15 is 0 Å². The number of rotatable bonds is 7. The Labute approximate surface area is 190 Å². The molecular weight excluding hydrogens is 422 g/mol. The van der Waals surface area contributed by atoms with Crippen LogP contribution in [0.15, 0.2) is 78.9 Å². The summed E-state index contributed by atoms with van der Waals surface area (Å²) in [6.45, 7) is 1.88. The minimum absolute atomic E-state index is 0.405. The van der Waals surface area contributed by atoms with Crippen LogP contribution in [0.4, 0.5) is 4.79 Å². The summed E-state index contributed by atoms with van der Waals surface area (Å²) in [5.74, 6) is -1.06. The Kier molecular flexibility index (Phi) is 6.21. The molecule has 4 N–H and O–H groups in total. The third-order valence-electron chi connectivity index (χ3n) is 5.58. The van der Waals surface area contributed by atoms with Crippen molar-refractivity contribution in [3.63, 3.8) is 0 Å². The van der Waals surface area contributed by atoms with Crippen molar-refractivity contribution >= 4 is 17.9 Å². The minimum atomic E-state index is -1.44. The van der Waals surface area contributed by atoms with Gasteiger partial charge in [0.25, 0.3) is 5.91 Å². The van der Waals surface area contributed by atoms with Gasteiger partial charge in [-0.3, -0.25) is 10.1 Å². The second-order valence-electron chi connectivity index (χ2n) is 7.91. The Morgan fingerprint density at radius 2 is 1.58 bits per heavy atom. The van der Waals surface area contributed by atoms with Gasteiger partial charge in [-0.15, -0.1) is 5.48 Å². The Balaban J connectivity index is 1.38. The van der Waals surface area contributed by atoms with E-state index in [0.29, 0.717) is 17.7 Å². The number of aliphatic hydroxyl groups is 1. The minimum Gasteiger partial charge on any atom is -0.385 e. The third-order valence-corrected chi connectivity index (χ3v) is 5.58. The van der Waals surface area contributed by atoms with Crippen LogP contribution >= 0.6 is 0 Å². The molecule has 8 nitrogen and oxygen atoms in total. The molecule has 0 aromatic heterocycles. The van der Waals surface area contributed by atoms with Crippen LogP contribution in [0.5, 0.6) is 0 Å². The molecule has 8 heteroatoms. The van der Waals surface area contributed by atoms with E-state index < -0.39 is 29.6 Å². The van der Waals surface area contributed by atoms with Crippen LogP contribution in [0.3, 0.4) is 0 Å². The van der Waals surface area contributed by atoms with E-state index in [1.165, 1.54) is 6.92 Å². The normalized spacial score (nSPS) is 18.4. The van der Waals surface area contributed by atoms with Gasteiger partial charge in [0.1, 0.15) is 11.6 Å². The molecule has 0 spiro atoms. The van der Waals surface area contributed by atoms with E-state index in [9.17, 15) is 19.5 Å². The Hall–Kier alpha value is -4.01. The smallest absolute Gasteiger partial charge is 0.356 e. The molecule has 2 atom stereocenters. The quantitative estimate of drug-likeness (QED) is 0.328. The van der Waals surface area contributed by atoms with Gasteiger partial charge in [0.15, 0.2) is 0 Å². The number of benzene rings is 3. The predicted octanol–water partition coefficient (Wildman–Crippen LogP) is 2.85. The van der Waals surface area contributed by atoms with Crippen LogP contribution in [-0.2, 0) is 16.2 Å². The van der Waals surface area contributed by atoms with Crippen LogP contribution in [-0.4, -0.2) is 28.6 Å². The molecular formula is C25H23N3O5. The second-order valence-corrected chi connectivity index (χ2v) is 7.91. The summed E-state index contributed by atoms with van der Waals surface area (Å²) >= 11 is 0. The van der Waals surface area contributed by atoms with Crippen molar-refractivity contribution in [2.75, 3.05) is 0 Å². The van der Waals surface area contributed by atoms with Gasteiger partial charge in [-0.05, 0) is 41.3 Å². The highest BCUT2D eigenvalue weighted by Crippen LogP contribution is 2.30. The zero-order valence-corrected chi connectivity index (χ0v) is 17.9. The van der Waals surface area contributed by atoms with Crippen molar-refractivity contribution in [3.05, 3.63) is 95.6 Å². The fourth-order valence-electron chi connectivity index (χ4n) is 3.58. The van der Waals surface area contributed by atoms with Gasteiger partial charge in [0.2, 0.25) is 0 Å². The van der Waals surface area contributed by atoms with Gasteiger partial charge in [0.05, 0.1) is 12.1 Å². The summed E-state index contributed by atoms with van der Waals surface area (Å²) in [4.78, 5) is 40.8. The van der Waals surface area contributed by atoms with E-state index in [4.69, 9.17) is 4.84 Å². The van der Waals surface area contributed by atoms with Gasteiger partial charge in [-0.1, -0.05) is 66.7 Å². The molecule has 2 unspecified atom stereocenters. The van der Waals surface area contributed by atoms with Crippen molar-refractivity contribution in [1.82, 2.24) is 16.1 Å². The number of carbonyl (C=O) groups excluding carboxylic acids is 3. The number of aliphatic hydroxyl groups excluding tert-OH is 1. The molecule has 168 valence electrons. The number of hydrogen-bond donors (Lipinski definition) is 4. The first-order chi connectivity index (χ1) is 15.9. The van der Waals surface area contributed by atoms with Crippen molar-refractivity contribution < 1.29 is 24.3 Å². The third kappa shape index (κ3) is 4.77. The molecule has 1 aliphatic rings. The summed E-state index contributed by atoms with van der Waals surface area (Å²) in [5, 5.41) is 15.2. The largest absolute Gasteiger partial charge is 0.385 e. The van der Waals surface area contributed by atoms with Gasteiger partial charge in [-0.2, -0.15) is 0 Å². The maximum atomic E-state index is 12.2. The fourth-order valence-corrected chi connectivity index (χ4v) is 3.58. The molecule has 33 heavy (non-hydrogen) atoms. The van der Waals surface area contributed by atoms with Gasteiger partial charge >= 0.3 is 12.0 Å². The average molecular weight is 445 g/mol. The molecule has 0 saturated carbocycles. The molecule has 1 saturated heterocycles. The highest BCUT2D eigenvalue weighted by molar-refractivity contribution is 6.07. The summed E-state index contributed by atoms with van der Waals surface area (Å²) in [6, 6.07) is 22.9. The Morgan fingerprint density at radius 1 is 0.970 bits per heavy atom. The average Bonchev–Trinajstić information content (AvgIpc) is 3.11. The number of amides is 3. The van der Waals surface area contributed by atoms with E-state index in [1.54, 1.807) is 48.5 Å². The van der Waals surface area contributed by atoms with E-state index in [0.717, 1.165) is 16.7 Å². The number of nitrogens with one attached hydrogen (secondary N) is 3. The number of hydrogen-bond acceptors (Lipinski definition) is 6. The summed E-state index contributed by atoms with van der Waals surface area (Å²) < 4.78 is 0. The molecule has 0 bridgehead atoms. The fraction of sp³-hybridized carbons (Fsp3) is 0.160. The molecule has 0 aliphatic carbocycles. The predicted molar refractivity (Wildman–Crippen MR) is 121 cm³/mol. The maximum Gasteiger partial charge on any atom is 0.356 e. The van der Waals surface area contributed by atoms with Crippen LogP contribution in [0.25, 0.3) is 11.1 Å². The van der Waals surface area contributed by atoms with Crippen LogP contribution < -0.4 is 16.1 Å². The van der Waals surface area contributed by atoms with Crippen LogP contribution in [0.1, 0.15) is 34.5 Å². The van der Waals surface area contributed by atoms with Gasteiger partial charge < -0.3 is 15.3 Å². The van der Waals surface area contributed by atoms with E-state index in [1.807, 2.05) is 30.3 Å². The molecule has 3 aromatic carbocycles. The first kappa shape index (κ1) is 22.2. The SMILES string of the molecule is CC1(C(O)c2ccc(-c3ccc(C(=O)ONCc4ccccc4)cc3)cc2)NC(=O)NC1=O. The lowest BCUT2D eigenvalue weighted by atomic mass is 9.89. The van der Waals surface area contributed by atoms with Crippen LogP contribution in [0, 0.1) is 0 Å². The molecule has 1 aliphatic heterocycles. The Morgan fingerprint density at radius 3 is 2.15 bits per heavy atom. The lowest BCUT2D eigenvalue weighted by Gasteiger charge is -2.27. The zero-order chi connectivity index (χ0) is 23.4. The van der Waals surface area contributed by atoms with Crippen molar-refractivity contribution in [2.24, 2.45) is 0 Å². The number of hydroxylamine groups is 1. The van der Waals surface area contributed by atoms with Crippen molar-refractivity contribution in [3.8, 4) is 11.1 Å². The highest BCUT2D eigenvalue weighted by Gasteiger charge is 2.48. The standard InChI is InChI=1S/C25H23N3O5/c1-25(23(31)27-24(32)28-25)21(29)19-11-7-17(8-12-19)18-9-13-20(14-10-18)22(30)33-26-15-16-5-3-2-4-6-16/h2-14,21,26,29H,15H2,1H3,(H2,27,28,31,32). The summed E-state index contributed by atoms with van der Waals surface area (Å²) in [7, 11) is 0. The molecule has 1 fully saturated rings. The van der Waals surface area contributed by atoms with Gasteiger partial charge in [-0.25, -0.2) is 9.59 Å². The lowest BCUT2D eigenvalue weighted by Crippen LogP contribution is -2.49. The lowest BCUT2D eigenvalue weighted by molar-refractivity contribution is -0.127. The molecule has 4 rings (SSSR count). The van der Waals surface area contributed by atoms with Crippen molar-refractivity contribution in [1.29, 1.82) is 0 Å². The Bertz CT molecular complexity index is 1160. The molecule has 3 aromatic rings. The monoisotopic (exact) mass is 445 g/mol. The topological polar surface area (TPSA) is 117 Å². The first-order valence-electron chi connectivity index (χ1n) is 10.4. The summed E-state index contributed by atoms with van der Waals surface area (Å²) in [6.07, 6.45) is -1.21. The van der Waals surface area contributed by atoms with Crippen molar-refractivity contribution in [2.45, 2.75) is 25.1 Å².